The van der Waals surface area contributed by atoms with E-state index < -0.39 is 8.32 Å². The summed E-state index contributed by atoms with van der Waals surface area (Å²) in [6.45, 7) is 11.3. The van der Waals surface area contributed by atoms with Crippen LogP contribution in [-0.2, 0) is 4.43 Å². The van der Waals surface area contributed by atoms with Crippen LogP contribution in [0, 0.1) is 11.3 Å². The lowest BCUT2D eigenvalue weighted by Crippen LogP contribution is -2.45. The van der Waals surface area contributed by atoms with Gasteiger partial charge < -0.3 is 9.16 Å². The van der Waals surface area contributed by atoms with Crippen molar-refractivity contribution in [3.8, 4) is 11.8 Å². The van der Waals surface area contributed by atoms with E-state index in [4.69, 9.17) is 9.16 Å². The summed E-state index contributed by atoms with van der Waals surface area (Å²) in [6, 6.07) is 16.3. The predicted octanol–water partition coefficient (Wildman–Crippen LogP) is 5.94. The molecule has 0 unspecified atom stereocenters. The molecule has 0 spiro atoms. The molecule has 1 aliphatic carbocycles. The van der Waals surface area contributed by atoms with Crippen molar-refractivity contribution in [1.29, 1.82) is 5.26 Å². The Kier molecular flexibility index (Phi) is 4.06. The first-order valence-corrected chi connectivity index (χ1v) is 12.3. The molecular weight excluding hydrogens is 350 g/mol. The maximum atomic E-state index is 9.29. The Balaban J connectivity index is 1.83. The maximum absolute atomic E-state index is 9.29. The van der Waals surface area contributed by atoms with E-state index in [1.54, 1.807) is 0 Å². The largest absolute Gasteiger partial charge is 0.482 e. The van der Waals surface area contributed by atoms with Crippen molar-refractivity contribution in [3.05, 3.63) is 64.7 Å². The van der Waals surface area contributed by atoms with Crippen molar-refractivity contribution >= 4 is 20.0 Å². The second kappa shape index (κ2) is 6.08. The van der Waals surface area contributed by atoms with Crippen LogP contribution in [0.15, 0.2) is 42.5 Å². The van der Waals surface area contributed by atoms with E-state index >= 15 is 0 Å². The summed E-state index contributed by atoms with van der Waals surface area (Å²) in [7, 11) is -2.00. The molecule has 0 bridgehead atoms. The number of nitriles is 1. The zero-order valence-corrected chi connectivity index (χ0v) is 17.5. The lowest BCUT2D eigenvalue weighted by atomic mass is 9.85. The number of hydrogen-bond donors (Lipinski definition) is 0. The molecule has 0 fully saturated rings. The highest BCUT2D eigenvalue weighted by molar-refractivity contribution is 6.74. The smallest absolute Gasteiger partial charge is 0.193 e. The minimum atomic E-state index is -2.00. The van der Waals surface area contributed by atoms with Gasteiger partial charge in [-0.15, -0.1) is 0 Å². The zero-order chi connectivity index (χ0) is 19.4. The van der Waals surface area contributed by atoms with Crippen LogP contribution in [0.1, 0.15) is 49.1 Å². The van der Waals surface area contributed by atoms with Crippen LogP contribution in [0.25, 0.3) is 11.6 Å². The van der Waals surface area contributed by atoms with Gasteiger partial charge in [0, 0.05) is 11.1 Å². The van der Waals surface area contributed by atoms with Crippen molar-refractivity contribution in [2.45, 2.75) is 51.1 Å². The topological polar surface area (TPSA) is 42.2 Å². The molecule has 0 radical (unpaired) electrons. The van der Waals surface area contributed by atoms with E-state index in [2.05, 4.69) is 70.3 Å². The third kappa shape index (κ3) is 2.92. The van der Waals surface area contributed by atoms with Gasteiger partial charge in [0.25, 0.3) is 0 Å². The molecule has 3 nitrogen and oxygen atoms in total. The Hall–Kier alpha value is -2.35. The van der Waals surface area contributed by atoms with Gasteiger partial charge in [-0.2, -0.15) is 5.26 Å². The molecule has 2 aromatic rings. The van der Waals surface area contributed by atoms with Crippen LogP contribution < -0.4 is 4.74 Å². The SMILES string of the molecule is CC(C)(C)[Si](C)(C)O[C@@H]1c2ccccc2C=C2c3cc(C#N)ccc3O[C@H]21. The number of fused-ring (bicyclic) bond motifs is 4. The average molecular weight is 376 g/mol. The van der Waals surface area contributed by atoms with Crippen molar-refractivity contribution in [3.63, 3.8) is 0 Å². The minimum Gasteiger partial charge on any atom is -0.482 e. The second-order valence-corrected chi connectivity index (χ2v) is 13.6. The fourth-order valence-corrected chi connectivity index (χ4v) is 4.76. The zero-order valence-electron chi connectivity index (χ0n) is 16.5. The first-order valence-electron chi connectivity index (χ1n) is 9.41. The van der Waals surface area contributed by atoms with Crippen LogP contribution in [0.3, 0.4) is 0 Å². The van der Waals surface area contributed by atoms with E-state index in [0.717, 1.165) is 16.9 Å². The Morgan fingerprint density at radius 3 is 2.56 bits per heavy atom. The molecule has 0 saturated heterocycles. The van der Waals surface area contributed by atoms with Gasteiger partial charge in [-0.3, -0.25) is 0 Å². The first kappa shape index (κ1) is 18.0. The lowest BCUT2D eigenvalue weighted by Gasteiger charge is -2.42. The minimum absolute atomic E-state index is 0.114. The fourth-order valence-electron chi connectivity index (χ4n) is 3.52. The average Bonchev–Trinajstić information content (AvgIpc) is 2.98. The van der Waals surface area contributed by atoms with E-state index in [-0.39, 0.29) is 17.2 Å². The normalized spacial score (nSPS) is 20.7. The van der Waals surface area contributed by atoms with Crippen molar-refractivity contribution in [2.75, 3.05) is 0 Å². The van der Waals surface area contributed by atoms with E-state index in [9.17, 15) is 5.26 Å². The molecule has 1 heterocycles. The van der Waals surface area contributed by atoms with Crippen LogP contribution in [-0.4, -0.2) is 14.4 Å². The molecule has 0 aromatic heterocycles. The molecule has 0 saturated carbocycles. The maximum Gasteiger partial charge on any atom is 0.193 e. The molecule has 138 valence electrons. The molecule has 4 rings (SSSR count). The van der Waals surface area contributed by atoms with Gasteiger partial charge in [-0.05, 0) is 53.5 Å². The third-order valence-corrected chi connectivity index (χ3v) is 10.6. The van der Waals surface area contributed by atoms with Gasteiger partial charge in [0.05, 0.1) is 11.6 Å². The summed E-state index contributed by atoms with van der Waals surface area (Å²) in [5, 5.41) is 9.40. The predicted molar refractivity (Wildman–Crippen MR) is 111 cm³/mol. The highest BCUT2D eigenvalue weighted by Crippen LogP contribution is 2.51. The Bertz CT molecular complexity index is 979. The van der Waals surface area contributed by atoms with Crippen LogP contribution in [0.2, 0.25) is 18.1 Å². The molecule has 2 aliphatic rings. The van der Waals surface area contributed by atoms with Gasteiger partial charge in [-0.25, -0.2) is 0 Å². The lowest BCUT2D eigenvalue weighted by molar-refractivity contribution is 0.0834. The number of rotatable bonds is 2. The van der Waals surface area contributed by atoms with Gasteiger partial charge >= 0.3 is 0 Å². The molecule has 0 N–H and O–H groups in total. The summed E-state index contributed by atoms with van der Waals surface area (Å²) < 4.78 is 13.2. The van der Waals surface area contributed by atoms with Gasteiger partial charge in [0.15, 0.2) is 14.4 Å². The summed E-state index contributed by atoms with van der Waals surface area (Å²) in [5.74, 6) is 0.835. The molecule has 4 heteroatoms. The summed E-state index contributed by atoms with van der Waals surface area (Å²) >= 11 is 0. The van der Waals surface area contributed by atoms with E-state index in [0.29, 0.717) is 5.56 Å². The molecule has 27 heavy (non-hydrogen) atoms. The van der Waals surface area contributed by atoms with Crippen molar-refractivity contribution in [1.82, 2.24) is 0 Å². The Labute approximate surface area is 162 Å². The molecule has 2 aromatic carbocycles. The van der Waals surface area contributed by atoms with Gasteiger partial charge in [0.2, 0.25) is 0 Å². The standard InChI is InChI=1S/C23H25NO2Si/c1-23(2,3)27(4,5)26-22-17-9-7-6-8-16(17)13-19-18-12-15(14-24)10-11-20(18)25-21(19)22/h6-13,21-22H,1-5H3/t21-,22-/m1/s1. The highest BCUT2D eigenvalue weighted by Gasteiger charge is 2.46. The Morgan fingerprint density at radius 1 is 1.11 bits per heavy atom. The molecule has 1 aliphatic heterocycles. The molecule has 0 amide bonds. The number of nitrogens with zero attached hydrogens (tertiary/aromatic N) is 1. The highest BCUT2D eigenvalue weighted by atomic mass is 28.4. The summed E-state index contributed by atoms with van der Waals surface area (Å²) in [6.07, 6.45) is 1.89. The monoisotopic (exact) mass is 375 g/mol. The van der Waals surface area contributed by atoms with E-state index in [1.807, 2.05) is 18.2 Å². The number of benzene rings is 2. The van der Waals surface area contributed by atoms with Gasteiger partial charge in [0.1, 0.15) is 11.9 Å². The summed E-state index contributed by atoms with van der Waals surface area (Å²) in [5.41, 5.74) is 5.14. The quantitative estimate of drug-likeness (QED) is 0.610. The second-order valence-electron chi connectivity index (χ2n) is 8.89. The Morgan fingerprint density at radius 2 is 1.85 bits per heavy atom. The van der Waals surface area contributed by atoms with Gasteiger partial charge in [-0.1, -0.05) is 45.0 Å². The number of hydrogen-bond acceptors (Lipinski definition) is 3. The molecule has 2 atom stereocenters. The number of ether oxygens (including phenoxy) is 1. The first-order chi connectivity index (χ1) is 12.7. The van der Waals surface area contributed by atoms with Crippen LogP contribution in [0.5, 0.6) is 5.75 Å². The fraction of sp³-hybridized carbons (Fsp3) is 0.348. The van der Waals surface area contributed by atoms with Crippen molar-refractivity contribution in [2.24, 2.45) is 0 Å². The van der Waals surface area contributed by atoms with Crippen LogP contribution in [0.4, 0.5) is 0 Å². The summed E-state index contributed by atoms with van der Waals surface area (Å²) in [4.78, 5) is 0. The molecular formula is C23H25NO2Si. The third-order valence-electron chi connectivity index (χ3n) is 6.10. The van der Waals surface area contributed by atoms with Crippen LogP contribution >= 0.6 is 0 Å². The van der Waals surface area contributed by atoms with E-state index in [1.165, 1.54) is 11.1 Å². The van der Waals surface area contributed by atoms with Crippen molar-refractivity contribution < 1.29 is 9.16 Å².